The summed E-state index contributed by atoms with van der Waals surface area (Å²) in [5, 5.41) is 9.71. The minimum atomic E-state index is -1.36. The predicted octanol–water partition coefficient (Wildman–Crippen LogP) is 3.01. The highest BCUT2D eigenvalue weighted by Gasteiger charge is 2.55. The molecule has 3 aliphatic heterocycles. The highest BCUT2D eigenvalue weighted by atomic mass is 19.1. The van der Waals surface area contributed by atoms with Gasteiger partial charge in [0.05, 0.1) is 12.8 Å². The van der Waals surface area contributed by atoms with Crippen molar-refractivity contribution in [2.75, 3.05) is 6.61 Å². The highest BCUT2D eigenvalue weighted by molar-refractivity contribution is 6.18. The molecular formula is C28H25FN2O7. The Bertz CT molecular complexity index is 1340. The average molecular weight is 521 g/mol. The number of aliphatic imine (C=N–C) groups is 1. The topological polar surface area (TPSA) is 115 Å². The van der Waals surface area contributed by atoms with Crippen LogP contribution in [0.15, 0.2) is 82.9 Å². The number of benzene rings is 2. The van der Waals surface area contributed by atoms with Gasteiger partial charge >= 0.3 is 11.9 Å². The van der Waals surface area contributed by atoms with E-state index in [1.165, 1.54) is 17.0 Å². The molecule has 196 valence electrons. The van der Waals surface area contributed by atoms with Gasteiger partial charge in [-0.05, 0) is 36.6 Å². The number of hydrogen-bond donors (Lipinski definition) is 1. The van der Waals surface area contributed by atoms with Gasteiger partial charge in [0.2, 0.25) is 5.76 Å². The standard InChI is InChI=1S/C28H25FN2O7/c1-2-36-28(35)21-25(37-15-17-6-4-3-5-7-17)22-23-24(38-20(27(33)34)14-31(23)26(21)32)18(13-30-22)12-16-8-10-19(29)11-9-16/h3-11,13-14,18,22-24H,2,12,15H2,1H3,(H,33,34). The minimum absolute atomic E-state index is 0.0284. The number of amides is 1. The number of nitrogens with zero attached hydrogens (tertiary/aromatic N) is 2. The Morgan fingerprint density at radius 1 is 1.11 bits per heavy atom. The molecule has 1 N–H and O–H groups in total. The molecule has 3 heterocycles. The van der Waals surface area contributed by atoms with Crippen LogP contribution in [-0.2, 0) is 41.6 Å². The lowest BCUT2D eigenvalue weighted by molar-refractivity contribution is -0.149. The first-order valence-electron chi connectivity index (χ1n) is 12.2. The van der Waals surface area contributed by atoms with Crippen molar-refractivity contribution >= 4 is 24.1 Å². The smallest absolute Gasteiger partial charge is 0.372 e. The minimum Gasteiger partial charge on any atom is -0.490 e. The zero-order chi connectivity index (χ0) is 26.8. The van der Waals surface area contributed by atoms with Gasteiger partial charge in [-0.1, -0.05) is 42.5 Å². The van der Waals surface area contributed by atoms with E-state index in [9.17, 15) is 23.9 Å². The quantitative estimate of drug-likeness (QED) is 0.420. The number of ether oxygens (including phenoxy) is 3. The maximum Gasteiger partial charge on any atom is 0.372 e. The predicted molar refractivity (Wildman–Crippen MR) is 132 cm³/mol. The Morgan fingerprint density at radius 2 is 1.84 bits per heavy atom. The molecule has 38 heavy (non-hydrogen) atoms. The van der Waals surface area contributed by atoms with Crippen LogP contribution >= 0.6 is 0 Å². The molecule has 5 rings (SSSR count). The number of halogens is 1. The van der Waals surface area contributed by atoms with Gasteiger partial charge in [0.25, 0.3) is 5.91 Å². The zero-order valence-corrected chi connectivity index (χ0v) is 20.5. The fourth-order valence-electron chi connectivity index (χ4n) is 4.92. The number of carbonyl (C=O) groups is 3. The Hall–Kier alpha value is -4.47. The Labute approximate surface area is 217 Å². The molecule has 0 saturated carbocycles. The number of aliphatic carboxylic acids is 1. The fraction of sp³-hybridized carbons (Fsp3) is 0.286. The largest absolute Gasteiger partial charge is 0.490 e. The lowest BCUT2D eigenvalue weighted by atomic mass is 9.80. The van der Waals surface area contributed by atoms with Crippen LogP contribution in [0.4, 0.5) is 4.39 Å². The van der Waals surface area contributed by atoms with Gasteiger partial charge in [-0.15, -0.1) is 0 Å². The molecule has 4 unspecified atom stereocenters. The number of carboxylic acid groups (broad SMARTS) is 1. The highest BCUT2D eigenvalue weighted by Crippen LogP contribution is 2.40. The van der Waals surface area contributed by atoms with Gasteiger partial charge in [-0.25, -0.2) is 14.0 Å². The molecule has 0 bridgehead atoms. The van der Waals surface area contributed by atoms with Crippen molar-refractivity contribution in [3.8, 4) is 0 Å². The Balaban J connectivity index is 1.58. The van der Waals surface area contributed by atoms with E-state index in [1.807, 2.05) is 30.3 Å². The van der Waals surface area contributed by atoms with Crippen molar-refractivity contribution in [2.45, 2.75) is 38.1 Å². The molecule has 0 radical (unpaired) electrons. The molecular weight excluding hydrogens is 495 g/mol. The summed E-state index contributed by atoms with van der Waals surface area (Å²) in [6.45, 7) is 1.72. The Kier molecular flexibility index (Phi) is 6.95. The van der Waals surface area contributed by atoms with Crippen LogP contribution in [0.2, 0.25) is 0 Å². The third-order valence-electron chi connectivity index (χ3n) is 6.64. The van der Waals surface area contributed by atoms with Crippen molar-refractivity contribution in [3.05, 3.63) is 94.8 Å². The van der Waals surface area contributed by atoms with Crippen LogP contribution in [0.3, 0.4) is 0 Å². The van der Waals surface area contributed by atoms with Crippen molar-refractivity contribution in [2.24, 2.45) is 10.9 Å². The average Bonchev–Trinajstić information content (AvgIpc) is 2.92. The molecule has 0 saturated heterocycles. The van der Waals surface area contributed by atoms with Crippen LogP contribution in [0.5, 0.6) is 0 Å². The first-order chi connectivity index (χ1) is 18.4. The maximum atomic E-state index is 13.7. The van der Waals surface area contributed by atoms with E-state index >= 15 is 0 Å². The molecule has 9 nitrogen and oxygen atoms in total. The third kappa shape index (κ3) is 4.77. The number of esters is 1. The lowest BCUT2D eigenvalue weighted by Gasteiger charge is -2.48. The normalized spacial score (nSPS) is 23.8. The van der Waals surface area contributed by atoms with Crippen LogP contribution in [0.1, 0.15) is 18.1 Å². The summed E-state index contributed by atoms with van der Waals surface area (Å²) in [6.07, 6.45) is 2.26. The molecule has 3 aliphatic rings. The summed E-state index contributed by atoms with van der Waals surface area (Å²) in [5.41, 5.74) is 1.27. The molecule has 2 aromatic carbocycles. The summed E-state index contributed by atoms with van der Waals surface area (Å²) >= 11 is 0. The van der Waals surface area contributed by atoms with Crippen molar-refractivity contribution in [3.63, 3.8) is 0 Å². The van der Waals surface area contributed by atoms with Gasteiger partial charge in [0.15, 0.2) is 5.57 Å². The van der Waals surface area contributed by atoms with Crippen molar-refractivity contribution < 1.29 is 38.1 Å². The van der Waals surface area contributed by atoms with E-state index in [1.54, 1.807) is 25.3 Å². The summed E-state index contributed by atoms with van der Waals surface area (Å²) < 4.78 is 30.6. The zero-order valence-electron chi connectivity index (χ0n) is 20.5. The van der Waals surface area contributed by atoms with Gasteiger partial charge < -0.3 is 24.2 Å². The van der Waals surface area contributed by atoms with E-state index in [0.717, 1.165) is 17.3 Å². The SMILES string of the molecule is CCOC(=O)C1=C(OCc2ccccc2)C2N=CC(Cc3ccc(F)cc3)C3OC(C(=O)O)=CN(C1=O)C23. The van der Waals surface area contributed by atoms with Crippen molar-refractivity contribution in [1.29, 1.82) is 0 Å². The number of carbonyl (C=O) groups excluding carboxylic acids is 2. The molecule has 0 fully saturated rings. The number of rotatable bonds is 8. The second kappa shape index (κ2) is 10.5. The van der Waals surface area contributed by atoms with Crippen molar-refractivity contribution in [1.82, 2.24) is 4.90 Å². The molecule has 0 aliphatic carbocycles. The van der Waals surface area contributed by atoms with Gasteiger partial charge in [0, 0.05) is 12.1 Å². The summed E-state index contributed by atoms with van der Waals surface area (Å²) in [6, 6.07) is 13.6. The summed E-state index contributed by atoms with van der Waals surface area (Å²) in [4.78, 5) is 44.4. The van der Waals surface area contributed by atoms with Crippen LogP contribution < -0.4 is 0 Å². The van der Waals surface area contributed by atoms with E-state index in [4.69, 9.17) is 14.2 Å². The Morgan fingerprint density at radius 3 is 2.53 bits per heavy atom. The fourth-order valence-corrected chi connectivity index (χ4v) is 4.92. The van der Waals surface area contributed by atoms with E-state index in [2.05, 4.69) is 4.99 Å². The third-order valence-corrected chi connectivity index (χ3v) is 6.64. The molecule has 2 aromatic rings. The second-order valence-electron chi connectivity index (χ2n) is 9.06. The molecule has 4 atom stereocenters. The van der Waals surface area contributed by atoms with Gasteiger partial charge in [-0.3, -0.25) is 9.79 Å². The maximum absolute atomic E-state index is 13.7. The lowest BCUT2D eigenvalue weighted by Crippen LogP contribution is -2.63. The van der Waals surface area contributed by atoms with Crippen LogP contribution in [0.25, 0.3) is 0 Å². The van der Waals surface area contributed by atoms with E-state index in [-0.39, 0.29) is 30.4 Å². The summed E-state index contributed by atoms with van der Waals surface area (Å²) in [7, 11) is 0. The number of hydrogen-bond acceptors (Lipinski definition) is 7. The first-order valence-corrected chi connectivity index (χ1v) is 12.2. The van der Waals surface area contributed by atoms with E-state index in [0.29, 0.717) is 6.42 Å². The number of carboxylic acids is 1. The van der Waals surface area contributed by atoms with Gasteiger partial charge in [-0.2, -0.15) is 0 Å². The van der Waals surface area contributed by atoms with Gasteiger partial charge in [0.1, 0.15) is 36.4 Å². The second-order valence-corrected chi connectivity index (χ2v) is 9.06. The molecule has 10 heteroatoms. The van der Waals surface area contributed by atoms with Crippen LogP contribution in [-0.4, -0.2) is 58.9 Å². The monoisotopic (exact) mass is 520 g/mol. The summed E-state index contributed by atoms with van der Waals surface area (Å²) in [5.74, 6) is -4.20. The molecule has 1 amide bonds. The first kappa shape index (κ1) is 25.2. The molecule has 0 spiro atoms. The van der Waals surface area contributed by atoms with E-state index < -0.39 is 47.7 Å². The molecule has 0 aromatic heterocycles. The van der Waals surface area contributed by atoms with Crippen LogP contribution in [0, 0.1) is 11.7 Å².